The van der Waals surface area contributed by atoms with E-state index < -0.39 is 0 Å². The van der Waals surface area contributed by atoms with E-state index in [0.717, 1.165) is 22.0 Å². The van der Waals surface area contributed by atoms with Gasteiger partial charge in [0.2, 0.25) is 0 Å². The zero-order chi connectivity index (χ0) is 19.4. The molecule has 0 fully saturated rings. The summed E-state index contributed by atoms with van der Waals surface area (Å²) in [4.78, 5) is 27.8. The Balaban J connectivity index is 1.72. The molecule has 1 aromatic heterocycles. The van der Waals surface area contributed by atoms with E-state index in [2.05, 4.69) is 10.3 Å². The van der Waals surface area contributed by atoms with Crippen molar-refractivity contribution in [3.05, 3.63) is 75.1 Å². The van der Waals surface area contributed by atoms with Crippen LogP contribution in [0, 0.1) is 13.8 Å². The van der Waals surface area contributed by atoms with Gasteiger partial charge in [-0.2, -0.15) is 0 Å². The maximum atomic E-state index is 12.4. The van der Waals surface area contributed by atoms with Crippen LogP contribution in [-0.4, -0.2) is 24.0 Å². The Morgan fingerprint density at radius 2 is 1.93 bits per heavy atom. The van der Waals surface area contributed by atoms with E-state index in [-0.39, 0.29) is 11.5 Å². The lowest BCUT2D eigenvalue weighted by Gasteiger charge is -2.11. The molecule has 0 bridgehead atoms. The third kappa shape index (κ3) is 4.03. The number of amides is 1. The van der Waals surface area contributed by atoms with Crippen LogP contribution in [0.3, 0.4) is 0 Å². The highest BCUT2D eigenvalue weighted by molar-refractivity contribution is 5.96. The Morgan fingerprint density at radius 1 is 1.15 bits per heavy atom. The second kappa shape index (κ2) is 8.08. The van der Waals surface area contributed by atoms with Gasteiger partial charge < -0.3 is 15.0 Å². The Hall–Kier alpha value is -3.08. The van der Waals surface area contributed by atoms with Gasteiger partial charge in [-0.3, -0.25) is 9.59 Å². The summed E-state index contributed by atoms with van der Waals surface area (Å²) in [6.45, 7) is 6.78. The summed E-state index contributed by atoms with van der Waals surface area (Å²) in [5.74, 6) is 0.356. The molecule has 0 aliphatic heterocycles. The van der Waals surface area contributed by atoms with Crippen molar-refractivity contribution in [2.45, 2.75) is 27.2 Å². The van der Waals surface area contributed by atoms with Gasteiger partial charge in [-0.05, 0) is 61.9 Å². The number of pyridine rings is 1. The number of carbonyl (C=O) groups excluding carboxylic acids is 1. The number of aromatic nitrogens is 1. The minimum atomic E-state index is -0.206. The molecule has 0 saturated carbocycles. The van der Waals surface area contributed by atoms with Crippen molar-refractivity contribution in [2.24, 2.45) is 0 Å². The molecule has 0 radical (unpaired) electrons. The number of hydrogen-bond donors (Lipinski definition) is 2. The Bertz CT molecular complexity index is 1040. The Morgan fingerprint density at radius 3 is 2.70 bits per heavy atom. The first-order valence-electron chi connectivity index (χ1n) is 9.13. The van der Waals surface area contributed by atoms with Crippen molar-refractivity contribution in [1.29, 1.82) is 0 Å². The number of para-hydroxylation sites is 1. The van der Waals surface area contributed by atoms with Gasteiger partial charge in [0.05, 0.1) is 17.7 Å². The normalized spacial score (nSPS) is 10.8. The summed E-state index contributed by atoms with van der Waals surface area (Å²) in [6, 6.07) is 13.1. The molecule has 140 valence electrons. The maximum Gasteiger partial charge on any atom is 0.255 e. The monoisotopic (exact) mass is 364 g/mol. The molecule has 2 aromatic carbocycles. The van der Waals surface area contributed by atoms with Crippen LogP contribution in [0.1, 0.15) is 34.0 Å². The first-order chi connectivity index (χ1) is 13.0. The predicted octanol–water partition coefficient (Wildman–Crippen LogP) is 3.52. The lowest BCUT2D eigenvalue weighted by atomic mass is 10.0. The largest absolute Gasteiger partial charge is 0.493 e. The molecule has 27 heavy (non-hydrogen) atoms. The molecular formula is C22H24N2O3. The van der Waals surface area contributed by atoms with E-state index in [1.54, 1.807) is 18.2 Å². The van der Waals surface area contributed by atoms with Crippen molar-refractivity contribution in [3.8, 4) is 5.75 Å². The standard InChI is InChI=1S/C22H24N2O3/c1-4-27-19-8-6-5-7-18(19)22(26)23-12-11-17-13-16-10-9-14(2)15(3)20(16)24-21(17)25/h5-10,13H,4,11-12H2,1-3H3,(H,23,26)(H,24,25). The summed E-state index contributed by atoms with van der Waals surface area (Å²) in [7, 11) is 0. The van der Waals surface area contributed by atoms with Gasteiger partial charge in [-0.25, -0.2) is 0 Å². The van der Waals surface area contributed by atoms with E-state index in [0.29, 0.717) is 36.4 Å². The van der Waals surface area contributed by atoms with Gasteiger partial charge in [0.1, 0.15) is 5.75 Å². The van der Waals surface area contributed by atoms with Gasteiger partial charge >= 0.3 is 0 Å². The first kappa shape index (κ1) is 18.7. The highest BCUT2D eigenvalue weighted by atomic mass is 16.5. The number of hydrogen-bond acceptors (Lipinski definition) is 3. The van der Waals surface area contributed by atoms with E-state index in [1.165, 1.54) is 0 Å². The number of fused-ring (bicyclic) bond motifs is 1. The number of aryl methyl sites for hydroxylation is 2. The van der Waals surface area contributed by atoms with Gasteiger partial charge in [0, 0.05) is 12.1 Å². The number of aromatic amines is 1. The molecular weight excluding hydrogens is 340 g/mol. The summed E-state index contributed by atoms with van der Waals surface area (Å²) >= 11 is 0. The minimum Gasteiger partial charge on any atom is -0.493 e. The van der Waals surface area contributed by atoms with Crippen LogP contribution in [0.5, 0.6) is 5.75 Å². The van der Waals surface area contributed by atoms with E-state index in [1.807, 2.05) is 45.0 Å². The molecule has 0 spiro atoms. The van der Waals surface area contributed by atoms with Crippen molar-refractivity contribution >= 4 is 16.8 Å². The van der Waals surface area contributed by atoms with Gasteiger partial charge in [-0.1, -0.05) is 24.3 Å². The molecule has 5 heteroatoms. The number of H-pyrrole nitrogens is 1. The number of rotatable bonds is 6. The maximum absolute atomic E-state index is 12.4. The first-order valence-corrected chi connectivity index (χ1v) is 9.13. The van der Waals surface area contributed by atoms with Crippen molar-refractivity contribution in [3.63, 3.8) is 0 Å². The topological polar surface area (TPSA) is 71.2 Å². The molecule has 3 rings (SSSR count). The second-order valence-corrected chi connectivity index (χ2v) is 6.53. The molecule has 0 aliphatic carbocycles. The van der Waals surface area contributed by atoms with Crippen LogP contribution in [0.4, 0.5) is 0 Å². The summed E-state index contributed by atoms with van der Waals surface area (Å²) in [5, 5.41) is 3.87. The highest BCUT2D eigenvalue weighted by Crippen LogP contribution is 2.19. The van der Waals surface area contributed by atoms with Gasteiger partial charge in [-0.15, -0.1) is 0 Å². The van der Waals surface area contributed by atoms with Crippen molar-refractivity contribution < 1.29 is 9.53 Å². The smallest absolute Gasteiger partial charge is 0.255 e. The van der Waals surface area contributed by atoms with Crippen LogP contribution >= 0.6 is 0 Å². The van der Waals surface area contributed by atoms with Gasteiger partial charge in [0.25, 0.3) is 11.5 Å². The average Bonchev–Trinajstić information content (AvgIpc) is 2.66. The number of carbonyl (C=O) groups is 1. The molecule has 1 amide bonds. The summed E-state index contributed by atoms with van der Waals surface area (Å²) in [5.41, 5.74) is 4.14. The SMILES string of the molecule is CCOc1ccccc1C(=O)NCCc1cc2ccc(C)c(C)c2[nH]c1=O. The van der Waals surface area contributed by atoms with E-state index in [4.69, 9.17) is 4.74 Å². The quantitative estimate of drug-likeness (QED) is 0.703. The predicted molar refractivity (Wildman–Crippen MR) is 108 cm³/mol. The zero-order valence-electron chi connectivity index (χ0n) is 15.9. The minimum absolute atomic E-state index is 0.111. The lowest BCUT2D eigenvalue weighted by molar-refractivity contribution is 0.0950. The molecule has 0 atom stereocenters. The number of nitrogens with one attached hydrogen (secondary N) is 2. The highest BCUT2D eigenvalue weighted by Gasteiger charge is 2.12. The summed E-state index contributed by atoms with van der Waals surface area (Å²) < 4.78 is 5.50. The van der Waals surface area contributed by atoms with Crippen LogP contribution in [0.2, 0.25) is 0 Å². The third-order valence-electron chi connectivity index (χ3n) is 4.74. The van der Waals surface area contributed by atoms with Crippen LogP contribution in [0.15, 0.2) is 47.3 Å². The van der Waals surface area contributed by atoms with Crippen LogP contribution in [0.25, 0.3) is 10.9 Å². The molecule has 5 nitrogen and oxygen atoms in total. The lowest BCUT2D eigenvalue weighted by Crippen LogP contribution is -2.28. The van der Waals surface area contributed by atoms with Crippen molar-refractivity contribution in [2.75, 3.05) is 13.2 Å². The molecule has 0 aliphatic rings. The van der Waals surface area contributed by atoms with Crippen LogP contribution in [-0.2, 0) is 6.42 Å². The molecule has 3 aromatic rings. The Labute approximate surface area is 158 Å². The molecule has 2 N–H and O–H groups in total. The Kier molecular flexibility index (Phi) is 5.60. The zero-order valence-corrected chi connectivity index (χ0v) is 15.9. The third-order valence-corrected chi connectivity index (χ3v) is 4.74. The molecule has 1 heterocycles. The average molecular weight is 364 g/mol. The fraction of sp³-hybridized carbons (Fsp3) is 0.273. The number of ether oxygens (including phenoxy) is 1. The second-order valence-electron chi connectivity index (χ2n) is 6.53. The van der Waals surface area contributed by atoms with E-state index >= 15 is 0 Å². The van der Waals surface area contributed by atoms with Crippen molar-refractivity contribution in [1.82, 2.24) is 10.3 Å². The molecule has 0 unspecified atom stereocenters. The van der Waals surface area contributed by atoms with E-state index in [9.17, 15) is 9.59 Å². The number of benzene rings is 2. The fourth-order valence-corrected chi connectivity index (χ4v) is 3.10. The summed E-state index contributed by atoms with van der Waals surface area (Å²) in [6.07, 6.45) is 0.459. The van der Waals surface area contributed by atoms with Gasteiger partial charge in [0.15, 0.2) is 0 Å². The van der Waals surface area contributed by atoms with Crippen LogP contribution < -0.4 is 15.6 Å². The molecule has 0 saturated heterocycles. The fourth-order valence-electron chi connectivity index (χ4n) is 3.10.